The molecule has 0 N–H and O–H groups in total. The molecule has 22 heavy (non-hydrogen) atoms. The van der Waals surface area contributed by atoms with Gasteiger partial charge in [-0.2, -0.15) is 0 Å². The second-order valence-electron chi connectivity index (χ2n) is 7.61. The summed E-state index contributed by atoms with van der Waals surface area (Å²) in [5, 5.41) is 0.0565. The van der Waals surface area contributed by atoms with E-state index in [4.69, 9.17) is 9.16 Å². The number of esters is 1. The van der Waals surface area contributed by atoms with E-state index in [0.29, 0.717) is 18.6 Å². The van der Waals surface area contributed by atoms with Gasteiger partial charge in [0.15, 0.2) is 0 Å². The minimum Gasteiger partial charge on any atom is -0.546 e. The zero-order valence-electron chi connectivity index (χ0n) is 14.8. The molecule has 0 aromatic heterocycles. The molecule has 1 rings (SSSR count). The van der Waals surface area contributed by atoms with Crippen molar-refractivity contribution in [2.75, 3.05) is 7.11 Å². The average molecular weight is 327 g/mol. The molecule has 0 saturated heterocycles. The van der Waals surface area contributed by atoms with Gasteiger partial charge in [0, 0.05) is 5.92 Å². The third kappa shape index (κ3) is 4.70. The summed E-state index contributed by atoms with van der Waals surface area (Å²) in [5.74, 6) is 0.155. The molecule has 5 heteroatoms. The molecule has 126 valence electrons. The van der Waals surface area contributed by atoms with Crippen LogP contribution >= 0.6 is 0 Å². The second-order valence-corrected chi connectivity index (χ2v) is 12.3. The topological polar surface area (TPSA) is 52.6 Å². The Labute approximate surface area is 135 Å². The quantitative estimate of drug-likeness (QED) is 0.444. The summed E-state index contributed by atoms with van der Waals surface area (Å²) < 4.78 is 11.3. The Morgan fingerprint density at radius 2 is 1.95 bits per heavy atom. The van der Waals surface area contributed by atoms with Gasteiger partial charge in [-0.05, 0) is 43.5 Å². The van der Waals surface area contributed by atoms with Gasteiger partial charge in [0.1, 0.15) is 12.2 Å². The first-order valence-corrected chi connectivity index (χ1v) is 11.0. The maximum Gasteiger partial charge on any atom is 0.316 e. The lowest BCUT2D eigenvalue weighted by molar-refractivity contribution is -0.145. The van der Waals surface area contributed by atoms with Crippen molar-refractivity contribution in [2.45, 2.75) is 64.6 Å². The standard InChI is InChI=1S/C17H30O4Si/c1-17(2,3)22(5,6)21-15-11-10-13(12-18)8-7-9-14(15)16(19)20-4/h11-14H,7-10H2,1-6H3/b15-11+/t13-,14+/m1/s1. The third-order valence-corrected chi connectivity index (χ3v) is 9.25. The highest BCUT2D eigenvalue weighted by Gasteiger charge is 2.41. The number of hydrogen-bond donors (Lipinski definition) is 0. The number of allylic oxidation sites excluding steroid dienone is 1. The van der Waals surface area contributed by atoms with Crippen molar-refractivity contribution in [3.8, 4) is 0 Å². The van der Waals surface area contributed by atoms with Crippen LogP contribution in [0, 0.1) is 11.8 Å². The Bertz CT molecular complexity index is 434. The Kier molecular flexibility index (Phi) is 6.41. The summed E-state index contributed by atoms with van der Waals surface area (Å²) in [6, 6.07) is 0. The van der Waals surface area contributed by atoms with Crippen LogP contribution in [0.2, 0.25) is 18.1 Å². The molecule has 0 fully saturated rings. The lowest BCUT2D eigenvalue weighted by atomic mass is 9.90. The molecule has 0 bridgehead atoms. The lowest BCUT2D eigenvalue weighted by Crippen LogP contribution is -2.42. The first kappa shape index (κ1) is 18.9. The van der Waals surface area contributed by atoms with Gasteiger partial charge >= 0.3 is 5.97 Å². The number of carbonyl (C=O) groups excluding carboxylic acids is 2. The first-order valence-electron chi connectivity index (χ1n) is 8.04. The smallest absolute Gasteiger partial charge is 0.316 e. The number of rotatable bonds is 4. The van der Waals surface area contributed by atoms with Crippen LogP contribution in [0.4, 0.5) is 0 Å². The van der Waals surface area contributed by atoms with Gasteiger partial charge in [-0.15, -0.1) is 0 Å². The van der Waals surface area contributed by atoms with Crippen LogP contribution in [0.25, 0.3) is 0 Å². The first-order chi connectivity index (χ1) is 10.1. The van der Waals surface area contributed by atoms with Crippen LogP contribution in [-0.4, -0.2) is 27.7 Å². The van der Waals surface area contributed by atoms with E-state index >= 15 is 0 Å². The van der Waals surface area contributed by atoms with E-state index < -0.39 is 8.32 Å². The molecule has 0 aromatic carbocycles. The predicted octanol–water partition coefficient (Wildman–Crippen LogP) is 4.07. The Balaban J connectivity index is 3.08. The van der Waals surface area contributed by atoms with Gasteiger partial charge in [-0.25, -0.2) is 0 Å². The highest BCUT2D eigenvalue weighted by molar-refractivity contribution is 6.74. The minimum atomic E-state index is -2.03. The van der Waals surface area contributed by atoms with Crippen LogP contribution in [-0.2, 0) is 18.8 Å². The van der Waals surface area contributed by atoms with Gasteiger partial charge in [-0.1, -0.05) is 27.2 Å². The van der Waals surface area contributed by atoms with Crippen molar-refractivity contribution in [1.29, 1.82) is 0 Å². The molecule has 0 spiro atoms. The van der Waals surface area contributed by atoms with E-state index in [1.807, 2.05) is 6.08 Å². The minimum absolute atomic E-state index is 0.0246. The zero-order valence-corrected chi connectivity index (χ0v) is 15.8. The summed E-state index contributed by atoms with van der Waals surface area (Å²) in [7, 11) is -0.612. The predicted molar refractivity (Wildman–Crippen MR) is 89.9 cm³/mol. The van der Waals surface area contributed by atoms with E-state index in [-0.39, 0.29) is 22.8 Å². The molecule has 0 aromatic rings. The fraction of sp³-hybridized carbons (Fsp3) is 0.765. The van der Waals surface area contributed by atoms with Crippen molar-refractivity contribution >= 4 is 20.6 Å². The van der Waals surface area contributed by atoms with Gasteiger partial charge in [0.2, 0.25) is 8.32 Å². The summed E-state index contributed by atoms with van der Waals surface area (Å²) in [6.45, 7) is 10.8. The maximum absolute atomic E-state index is 12.1. The molecule has 1 aliphatic carbocycles. The van der Waals surface area contributed by atoms with E-state index in [1.54, 1.807) is 0 Å². The van der Waals surface area contributed by atoms with Crippen LogP contribution in [0.1, 0.15) is 46.5 Å². The molecule has 2 atom stereocenters. The third-order valence-electron chi connectivity index (χ3n) is 4.89. The van der Waals surface area contributed by atoms with Gasteiger partial charge in [0.25, 0.3) is 0 Å². The van der Waals surface area contributed by atoms with E-state index in [0.717, 1.165) is 19.1 Å². The molecular weight excluding hydrogens is 296 g/mol. The van der Waals surface area contributed by atoms with Crippen molar-refractivity contribution in [3.63, 3.8) is 0 Å². The summed E-state index contributed by atoms with van der Waals surface area (Å²) >= 11 is 0. The average Bonchev–Trinajstić information content (AvgIpc) is 2.40. The van der Waals surface area contributed by atoms with Crippen molar-refractivity contribution < 1.29 is 18.8 Å². The fourth-order valence-corrected chi connectivity index (χ4v) is 3.44. The number of methoxy groups -OCH3 is 1. The molecule has 0 aliphatic heterocycles. The maximum atomic E-state index is 12.1. The van der Waals surface area contributed by atoms with Crippen molar-refractivity contribution in [3.05, 3.63) is 11.8 Å². The molecule has 0 radical (unpaired) electrons. The molecule has 0 amide bonds. The second kappa shape index (κ2) is 7.44. The lowest BCUT2D eigenvalue weighted by Gasteiger charge is -2.39. The molecule has 0 saturated carbocycles. The Hall–Kier alpha value is -1.10. The van der Waals surface area contributed by atoms with Crippen LogP contribution in [0.15, 0.2) is 11.8 Å². The summed E-state index contributed by atoms with van der Waals surface area (Å²) in [5.41, 5.74) is 0. The normalized spacial score (nSPS) is 26.2. The van der Waals surface area contributed by atoms with E-state index in [1.165, 1.54) is 7.11 Å². The van der Waals surface area contributed by atoms with Crippen molar-refractivity contribution in [2.24, 2.45) is 11.8 Å². The van der Waals surface area contributed by atoms with Crippen LogP contribution in [0.3, 0.4) is 0 Å². The summed E-state index contributed by atoms with van der Waals surface area (Å²) in [6.07, 6.45) is 5.93. The largest absolute Gasteiger partial charge is 0.546 e. The Morgan fingerprint density at radius 3 is 2.45 bits per heavy atom. The van der Waals surface area contributed by atoms with Gasteiger partial charge in [0.05, 0.1) is 12.9 Å². The van der Waals surface area contributed by atoms with Crippen LogP contribution in [0.5, 0.6) is 0 Å². The molecule has 1 aliphatic rings. The van der Waals surface area contributed by atoms with Gasteiger partial charge in [-0.3, -0.25) is 4.79 Å². The van der Waals surface area contributed by atoms with Crippen molar-refractivity contribution in [1.82, 2.24) is 0 Å². The van der Waals surface area contributed by atoms with E-state index in [2.05, 4.69) is 33.9 Å². The number of ether oxygens (including phenoxy) is 1. The molecular formula is C17H30O4Si. The van der Waals surface area contributed by atoms with Crippen LogP contribution < -0.4 is 0 Å². The SMILES string of the molecule is COC(=O)[C@H]1CCC[C@@H](C=O)C/C=C\1O[Si](C)(C)C(C)(C)C. The number of hydrogen-bond acceptors (Lipinski definition) is 4. The highest BCUT2D eigenvalue weighted by Crippen LogP contribution is 2.40. The van der Waals surface area contributed by atoms with E-state index in [9.17, 15) is 9.59 Å². The zero-order chi connectivity index (χ0) is 17.0. The summed E-state index contributed by atoms with van der Waals surface area (Å²) in [4.78, 5) is 23.2. The monoisotopic (exact) mass is 326 g/mol. The highest BCUT2D eigenvalue weighted by atomic mass is 28.4. The number of carbonyl (C=O) groups is 2. The van der Waals surface area contributed by atoms with Gasteiger partial charge < -0.3 is 14.0 Å². The molecule has 0 heterocycles. The molecule has 4 nitrogen and oxygen atoms in total. The Morgan fingerprint density at radius 1 is 1.32 bits per heavy atom. The fourth-order valence-electron chi connectivity index (χ4n) is 2.31. The number of aldehydes is 1. The molecule has 0 unspecified atom stereocenters.